The van der Waals surface area contributed by atoms with Gasteiger partial charge < -0.3 is 21.1 Å². The van der Waals surface area contributed by atoms with Gasteiger partial charge in [-0.1, -0.05) is 29.8 Å². The lowest BCUT2D eigenvalue weighted by Crippen LogP contribution is -2.52. The molecule has 1 aromatic rings. The van der Waals surface area contributed by atoms with Crippen LogP contribution < -0.4 is 16.0 Å². The second-order valence-corrected chi connectivity index (χ2v) is 6.03. The second-order valence-electron chi connectivity index (χ2n) is 6.03. The van der Waals surface area contributed by atoms with Crippen molar-refractivity contribution in [1.29, 1.82) is 0 Å². The average molecular weight is 319 g/mol. The van der Waals surface area contributed by atoms with E-state index in [9.17, 15) is 14.7 Å². The molecule has 6 heteroatoms. The molecule has 126 valence electrons. The second kappa shape index (κ2) is 8.53. The Hall–Kier alpha value is -2.08. The lowest BCUT2D eigenvalue weighted by molar-refractivity contribution is -0.122. The van der Waals surface area contributed by atoms with E-state index in [0.717, 1.165) is 18.4 Å². The zero-order valence-corrected chi connectivity index (χ0v) is 13.5. The molecular weight excluding hydrogens is 294 g/mol. The molecule has 4 N–H and O–H groups in total. The number of hydrogen-bond acceptors (Lipinski definition) is 3. The zero-order valence-electron chi connectivity index (χ0n) is 13.5. The third kappa shape index (κ3) is 5.56. The smallest absolute Gasteiger partial charge is 0.315 e. The van der Waals surface area contributed by atoms with Crippen LogP contribution in [0.1, 0.15) is 30.4 Å². The Morgan fingerprint density at radius 1 is 1.35 bits per heavy atom. The predicted octanol–water partition coefficient (Wildman–Crippen LogP) is 0.866. The van der Waals surface area contributed by atoms with E-state index < -0.39 is 12.1 Å². The predicted molar refractivity (Wildman–Crippen MR) is 88.1 cm³/mol. The molecule has 23 heavy (non-hydrogen) atoms. The van der Waals surface area contributed by atoms with E-state index in [1.807, 2.05) is 31.2 Å². The Labute approximate surface area is 136 Å². The van der Waals surface area contributed by atoms with Gasteiger partial charge in [0.15, 0.2) is 0 Å². The number of carbonyl (C=O) groups excluding carboxylic acids is 2. The molecule has 6 nitrogen and oxygen atoms in total. The highest BCUT2D eigenvalue weighted by Crippen LogP contribution is 2.07. The van der Waals surface area contributed by atoms with Crippen molar-refractivity contribution in [3.63, 3.8) is 0 Å². The minimum absolute atomic E-state index is 0.142. The molecule has 1 aliphatic heterocycles. The third-order valence-corrected chi connectivity index (χ3v) is 4.00. The molecule has 1 fully saturated rings. The van der Waals surface area contributed by atoms with Crippen LogP contribution in [0.3, 0.4) is 0 Å². The van der Waals surface area contributed by atoms with E-state index in [0.29, 0.717) is 19.4 Å². The van der Waals surface area contributed by atoms with E-state index in [1.165, 1.54) is 5.56 Å². The first kappa shape index (κ1) is 17.3. The topological polar surface area (TPSA) is 90.5 Å². The lowest BCUT2D eigenvalue weighted by Gasteiger charge is -2.20. The number of rotatable bonds is 5. The van der Waals surface area contributed by atoms with Gasteiger partial charge in [0, 0.05) is 6.54 Å². The third-order valence-electron chi connectivity index (χ3n) is 4.00. The Morgan fingerprint density at radius 3 is 2.78 bits per heavy atom. The van der Waals surface area contributed by atoms with Gasteiger partial charge in [0.25, 0.3) is 0 Å². The van der Waals surface area contributed by atoms with E-state index in [-0.39, 0.29) is 18.6 Å². The zero-order chi connectivity index (χ0) is 16.7. The maximum absolute atomic E-state index is 12.1. The van der Waals surface area contributed by atoms with Crippen molar-refractivity contribution in [2.24, 2.45) is 0 Å². The molecule has 1 heterocycles. The molecule has 0 unspecified atom stereocenters. The van der Waals surface area contributed by atoms with Crippen LogP contribution in [0.2, 0.25) is 0 Å². The number of carbonyl (C=O) groups is 2. The van der Waals surface area contributed by atoms with Gasteiger partial charge in [-0.05, 0) is 38.2 Å². The fourth-order valence-electron chi connectivity index (χ4n) is 2.63. The van der Waals surface area contributed by atoms with E-state index in [1.54, 1.807) is 0 Å². The number of aliphatic hydroxyl groups is 1. The van der Waals surface area contributed by atoms with Gasteiger partial charge in [0.1, 0.15) is 6.04 Å². The molecule has 0 spiro atoms. The summed E-state index contributed by atoms with van der Waals surface area (Å²) in [5.74, 6) is -0.142. The highest BCUT2D eigenvalue weighted by molar-refractivity contribution is 5.87. The minimum Gasteiger partial charge on any atom is -0.394 e. The molecule has 0 aliphatic carbocycles. The number of aliphatic hydroxyl groups excluding tert-OH is 1. The molecular formula is C17H25N3O3. The molecule has 3 amide bonds. The maximum Gasteiger partial charge on any atom is 0.315 e. The van der Waals surface area contributed by atoms with Crippen molar-refractivity contribution >= 4 is 11.9 Å². The van der Waals surface area contributed by atoms with Crippen LogP contribution in [0.5, 0.6) is 0 Å². The van der Waals surface area contributed by atoms with Crippen LogP contribution in [-0.2, 0) is 11.2 Å². The maximum atomic E-state index is 12.1. The van der Waals surface area contributed by atoms with Crippen LogP contribution >= 0.6 is 0 Å². The Balaban J connectivity index is 1.86. The van der Waals surface area contributed by atoms with Crippen molar-refractivity contribution in [2.75, 3.05) is 13.2 Å². The first-order valence-corrected chi connectivity index (χ1v) is 8.09. The molecule has 2 rings (SSSR count). The quantitative estimate of drug-likeness (QED) is 0.649. The number of aryl methyl sites for hydroxylation is 1. The molecule has 0 saturated carbocycles. The van der Waals surface area contributed by atoms with E-state index in [2.05, 4.69) is 16.0 Å². The van der Waals surface area contributed by atoms with Crippen LogP contribution in [0.4, 0.5) is 4.79 Å². The number of urea groups is 1. The Bertz CT molecular complexity index is 530. The van der Waals surface area contributed by atoms with Gasteiger partial charge >= 0.3 is 6.03 Å². The lowest BCUT2D eigenvalue weighted by atomic mass is 10.1. The fourth-order valence-corrected chi connectivity index (χ4v) is 2.63. The molecule has 1 saturated heterocycles. The number of hydrogen-bond donors (Lipinski definition) is 4. The van der Waals surface area contributed by atoms with Crippen molar-refractivity contribution in [1.82, 2.24) is 16.0 Å². The van der Waals surface area contributed by atoms with Crippen LogP contribution in [0, 0.1) is 6.92 Å². The van der Waals surface area contributed by atoms with Gasteiger partial charge in [-0.2, -0.15) is 0 Å². The summed E-state index contributed by atoms with van der Waals surface area (Å²) in [6, 6.07) is 6.66. The van der Waals surface area contributed by atoms with Crippen molar-refractivity contribution in [2.45, 2.75) is 44.7 Å². The van der Waals surface area contributed by atoms with Gasteiger partial charge in [0.05, 0.1) is 12.6 Å². The molecule has 1 aromatic carbocycles. The first-order valence-electron chi connectivity index (χ1n) is 8.09. The number of nitrogens with one attached hydrogen (secondary N) is 3. The fraction of sp³-hybridized carbons (Fsp3) is 0.529. The summed E-state index contributed by atoms with van der Waals surface area (Å²) in [5, 5.41) is 17.7. The summed E-state index contributed by atoms with van der Waals surface area (Å²) < 4.78 is 0. The Morgan fingerprint density at radius 2 is 2.09 bits per heavy atom. The van der Waals surface area contributed by atoms with E-state index in [4.69, 9.17) is 0 Å². The molecule has 0 bridgehead atoms. The summed E-state index contributed by atoms with van der Waals surface area (Å²) in [6.45, 7) is 2.51. The first-order chi connectivity index (χ1) is 11.1. The van der Waals surface area contributed by atoms with Crippen molar-refractivity contribution in [3.05, 3.63) is 35.4 Å². The number of amides is 3. The van der Waals surface area contributed by atoms with Gasteiger partial charge in [-0.15, -0.1) is 0 Å². The molecule has 0 radical (unpaired) electrons. The van der Waals surface area contributed by atoms with Crippen LogP contribution in [0.25, 0.3) is 0 Å². The molecule has 2 atom stereocenters. The summed E-state index contributed by atoms with van der Waals surface area (Å²) in [5.41, 5.74) is 2.21. The van der Waals surface area contributed by atoms with Gasteiger partial charge in [-0.25, -0.2) is 4.79 Å². The summed E-state index contributed by atoms with van der Waals surface area (Å²) in [4.78, 5) is 23.9. The van der Waals surface area contributed by atoms with E-state index >= 15 is 0 Å². The highest BCUT2D eigenvalue weighted by atomic mass is 16.3. The normalized spacial score (nSPS) is 19.4. The average Bonchev–Trinajstić information content (AvgIpc) is 2.73. The largest absolute Gasteiger partial charge is 0.394 e. The monoisotopic (exact) mass is 319 g/mol. The highest BCUT2D eigenvalue weighted by Gasteiger charge is 2.23. The summed E-state index contributed by atoms with van der Waals surface area (Å²) >= 11 is 0. The van der Waals surface area contributed by atoms with Crippen LogP contribution in [-0.4, -0.2) is 42.3 Å². The number of benzene rings is 1. The summed E-state index contributed by atoms with van der Waals surface area (Å²) in [6.07, 6.45) is 3.01. The van der Waals surface area contributed by atoms with Gasteiger partial charge in [-0.3, -0.25) is 4.79 Å². The Kier molecular flexibility index (Phi) is 6.40. The molecule has 0 aromatic heterocycles. The minimum atomic E-state index is -0.504. The van der Waals surface area contributed by atoms with Crippen molar-refractivity contribution in [3.8, 4) is 0 Å². The standard InChI is InChI=1S/C17H25N3O3/c1-12-5-7-13(8-6-12)10-14(11-21)19-17(23)20-15-4-2-3-9-18-16(15)22/h5-8,14-15,21H,2-4,9-11H2,1H3,(H,18,22)(H2,19,20,23)/t14-,15-/m1/s1. The molecule has 1 aliphatic rings. The van der Waals surface area contributed by atoms with Crippen molar-refractivity contribution < 1.29 is 14.7 Å². The van der Waals surface area contributed by atoms with Gasteiger partial charge in [0.2, 0.25) is 5.91 Å². The van der Waals surface area contributed by atoms with Crippen LogP contribution in [0.15, 0.2) is 24.3 Å². The SMILES string of the molecule is Cc1ccc(C[C@H](CO)NC(=O)N[C@@H]2CCCCNC2=O)cc1. The summed E-state index contributed by atoms with van der Waals surface area (Å²) in [7, 11) is 0.